The van der Waals surface area contributed by atoms with Crippen molar-refractivity contribution >= 4 is 34.2 Å². The Bertz CT molecular complexity index is 747. The Labute approximate surface area is 120 Å². The highest BCUT2D eigenvalue weighted by molar-refractivity contribution is 6.38. The minimum atomic E-state index is 0.503. The second-order valence-corrected chi connectivity index (χ2v) is 4.96. The molecule has 1 aromatic heterocycles. The molecule has 2 aromatic carbocycles. The molecule has 0 aliphatic heterocycles. The first kappa shape index (κ1) is 12.4. The third-order valence-corrected chi connectivity index (χ3v) is 3.41. The molecule has 0 fully saturated rings. The largest absolute Gasteiger partial charge is 0.496 e. The van der Waals surface area contributed by atoms with Crippen LogP contribution in [0.3, 0.4) is 0 Å². The average Bonchev–Trinajstić information content (AvgIpc) is 2.82. The fourth-order valence-corrected chi connectivity index (χ4v) is 2.60. The number of methoxy groups -OCH3 is 1. The van der Waals surface area contributed by atoms with Crippen LogP contribution in [0.25, 0.3) is 22.3 Å². The van der Waals surface area contributed by atoms with Gasteiger partial charge in [0.25, 0.3) is 0 Å². The Morgan fingerprint density at radius 2 is 1.84 bits per heavy atom. The third-order valence-electron chi connectivity index (χ3n) is 2.91. The number of rotatable bonds is 2. The van der Waals surface area contributed by atoms with Gasteiger partial charge in [0.1, 0.15) is 11.5 Å². The van der Waals surface area contributed by atoms with Crippen molar-refractivity contribution in [1.82, 2.24) is 0 Å². The molecule has 4 heteroatoms. The Balaban J connectivity index is 2.23. The molecule has 0 unspecified atom stereocenters. The Morgan fingerprint density at radius 1 is 1.05 bits per heavy atom. The van der Waals surface area contributed by atoms with Gasteiger partial charge >= 0.3 is 0 Å². The van der Waals surface area contributed by atoms with E-state index in [0.717, 1.165) is 16.7 Å². The van der Waals surface area contributed by atoms with Crippen LogP contribution in [0.5, 0.6) is 5.75 Å². The van der Waals surface area contributed by atoms with E-state index in [1.807, 2.05) is 36.4 Å². The molecular formula is C15H10Cl2O2. The van der Waals surface area contributed by atoms with Gasteiger partial charge in [0.05, 0.1) is 17.7 Å². The Morgan fingerprint density at radius 3 is 2.63 bits per heavy atom. The highest BCUT2D eigenvalue weighted by Gasteiger charge is 2.13. The lowest BCUT2D eigenvalue weighted by molar-refractivity contribution is 0.415. The van der Waals surface area contributed by atoms with E-state index in [-0.39, 0.29) is 0 Å². The summed E-state index contributed by atoms with van der Waals surface area (Å²) in [6.45, 7) is 0. The molecule has 3 aromatic rings. The molecule has 0 saturated carbocycles. The third kappa shape index (κ3) is 2.18. The second kappa shape index (κ2) is 4.80. The van der Waals surface area contributed by atoms with Gasteiger partial charge in [0.15, 0.2) is 5.58 Å². The van der Waals surface area contributed by atoms with Gasteiger partial charge in [-0.3, -0.25) is 0 Å². The number of hydrogen-bond donors (Lipinski definition) is 0. The summed E-state index contributed by atoms with van der Waals surface area (Å²) in [5.74, 6) is 1.46. The number of ether oxygens (including phenoxy) is 1. The highest BCUT2D eigenvalue weighted by atomic mass is 35.5. The van der Waals surface area contributed by atoms with Gasteiger partial charge in [0, 0.05) is 10.4 Å². The molecule has 0 saturated heterocycles. The summed E-state index contributed by atoms with van der Waals surface area (Å²) >= 11 is 12.1. The van der Waals surface area contributed by atoms with Crippen LogP contribution in [0.4, 0.5) is 0 Å². The van der Waals surface area contributed by atoms with Crippen molar-refractivity contribution in [3.63, 3.8) is 0 Å². The van der Waals surface area contributed by atoms with Crippen LogP contribution in [-0.4, -0.2) is 7.11 Å². The van der Waals surface area contributed by atoms with Gasteiger partial charge < -0.3 is 9.15 Å². The Kier molecular flexibility index (Phi) is 3.13. The van der Waals surface area contributed by atoms with E-state index in [1.165, 1.54) is 0 Å². The summed E-state index contributed by atoms with van der Waals surface area (Å²) in [5.41, 5.74) is 1.51. The first-order valence-electron chi connectivity index (χ1n) is 5.71. The molecule has 0 radical (unpaired) electrons. The molecule has 1 heterocycles. The molecule has 0 spiro atoms. The lowest BCUT2D eigenvalue weighted by Gasteiger charge is -2.04. The van der Waals surface area contributed by atoms with E-state index in [1.54, 1.807) is 13.2 Å². The standard InChI is InChI=1S/C15H10Cl2O2/c1-18-13-5-3-2-4-11(13)14-7-9-6-10(16)8-12(17)15(9)19-14/h2-8H,1H3. The number of benzene rings is 2. The molecule has 0 aliphatic rings. The molecule has 2 nitrogen and oxygen atoms in total. The zero-order valence-electron chi connectivity index (χ0n) is 10.1. The van der Waals surface area contributed by atoms with Crippen LogP contribution in [0.15, 0.2) is 46.9 Å². The smallest absolute Gasteiger partial charge is 0.153 e. The molecule has 0 bridgehead atoms. The number of para-hydroxylation sites is 1. The number of hydrogen-bond acceptors (Lipinski definition) is 2. The van der Waals surface area contributed by atoms with Crippen LogP contribution in [0, 0.1) is 0 Å². The molecule has 19 heavy (non-hydrogen) atoms. The fourth-order valence-electron chi connectivity index (χ4n) is 2.06. The Hall–Kier alpha value is -1.64. The van der Waals surface area contributed by atoms with Crippen molar-refractivity contribution in [3.05, 3.63) is 52.5 Å². The fraction of sp³-hybridized carbons (Fsp3) is 0.0667. The SMILES string of the molecule is COc1ccccc1-c1cc2cc(Cl)cc(Cl)c2o1. The maximum atomic E-state index is 6.13. The zero-order valence-corrected chi connectivity index (χ0v) is 11.6. The predicted octanol–water partition coefficient (Wildman–Crippen LogP) is 5.42. The predicted molar refractivity (Wildman–Crippen MR) is 78.2 cm³/mol. The molecule has 0 aliphatic carbocycles. The van der Waals surface area contributed by atoms with Gasteiger partial charge in [-0.25, -0.2) is 0 Å². The zero-order chi connectivity index (χ0) is 13.4. The van der Waals surface area contributed by atoms with Gasteiger partial charge in [-0.2, -0.15) is 0 Å². The topological polar surface area (TPSA) is 22.4 Å². The summed E-state index contributed by atoms with van der Waals surface area (Å²) in [5, 5.41) is 1.96. The van der Waals surface area contributed by atoms with Crippen LogP contribution >= 0.6 is 23.2 Å². The van der Waals surface area contributed by atoms with Crippen molar-refractivity contribution in [2.75, 3.05) is 7.11 Å². The van der Waals surface area contributed by atoms with Crippen molar-refractivity contribution in [2.24, 2.45) is 0 Å². The summed E-state index contributed by atoms with van der Waals surface area (Å²) < 4.78 is 11.1. The van der Waals surface area contributed by atoms with Crippen LogP contribution < -0.4 is 4.74 Å². The summed E-state index contributed by atoms with van der Waals surface area (Å²) in [7, 11) is 1.63. The lowest BCUT2D eigenvalue weighted by Crippen LogP contribution is -1.85. The van der Waals surface area contributed by atoms with Crippen LogP contribution in [-0.2, 0) is 0 Å². The molecule has 3 rings (SSSR count). The molecular weight excluding hydrogens is 283 g/mol. The molecule has 96 valence electrons. The highest BCUT2D eigenvalue weighted by Crippen LogP contribution is 2.37. The van der Waals surface area contributed by atoms with E-state index in [9.17, 15) is 0 Å². The maximum Gasteiger partial charge on any atom is 0.153 e. The summed E-state index contributed by atoms with van der Waals surface area (Å²) in [4.78, 5) is 0. The molecule has 0 amide bonds. The van der Waals surface area contributed by atoms with Crippen molar-refractivity contribution in [2.45, 2.75) is 0 Å². The van der Waals surface area contributed by atoms with E-state index >= 15 is 0 Å². The van der Waals surface area contributed by atoms with Crippen LogP contribution in [0.1, 0.15) is 0 Å². The average molecular weight is 293 g/mol. The quantitative estimate of drug-likeness (QED) is 0.630. The monoisotopic (exact) mass is 292 g/mol. The van der Waals surface area contributed by atoms with Crippen LogP contribution in [0.2, 0.25) is 10.0 Å². The van der Waals surface area contributed by atoms with Crippen molar-refractivity contribution < 1.29 is 9.15 Å². The second-order valence-electron chi connectivity index (χ2n) is 4.12. The lowest BCUT2D eigenvalue weighted by atomic mass is 10.1. The van der Waals surface area contributed by atoms with Gasteiger partial charge in [-0.1, -0.05) is 35.3 Å². The van der Waals surface area contributed by atoms with Gasteiger partial charge in [-0.05, 0) is 30.3 Å². The van der Waals surface area contributed by atoms with E-state index in [0.29, 0.717) is 21.4 Å². The van der Waals surface area contributed by atoms with E-state index in [2.05, 4.69) is 0 Å². The van der Waals surface area contributed by atoms with Crippen molar-refractivity contribution in [1.29, 1.82) is 0 Å². The molecule has 0 atom stereocenters. The molecule has 0 N–H and O–H groups in total. The number of halogens is 2. The van der Waals surface area contributed by atoms with E-state index < -0.39 is 0 Å². The van der Waals surface area contributed by atoms with Gasteiger partial charge in [-0.15, -0.1) is 0 Å². The normalized spacial score (nSPS) is 10.9. The first-order valence-corrected chi connectivity index (χ1v) is 6.46. The number of furan rings is 1. The first-order chi connectivity index (χ1) is 9.19. The minimum absolute atomic E-state index is 0.503. The number of fused-ring (bicyclic) bond motifs is 1. The minimum Gasteiger partial charge on any atom is -0.496 e. The maximum absolute atomic E-state index is 6.13. The van der Waals surface area contributed by atoms with Gasteiger partial charge in [0.2, 0.25) is 0 Å². The van der Waals surface area contributed by atoms with Crippen molar-refractivity contribution in [3.8, 4) is 17.1 Å². The summed E-state index contributed by atoms with van der Waals surface area (Å²) in [6.07, 6.45) is 0. The van der Waals surface area contributed by atoms with E-state index in [4.69, 9.17) is 32.4 Å². The summed E-state index contributed by atoms with van der Waals surface area (Å²) in [6, 6.07) is 13.1.